The smallest absolute Gasteiger partial charge is 0.303 e. The number of nitrogens with one attached hydrogen (secondary N) is 3. The highest BCUT2D eigenvalue weighted by atomic mass is 35.5. The number of aliphatic carboxylic acids is 1. The molecule has 1 amide bonds. The summed E-state index contributed by atoms with van der Waals surface area (Å²) in [7, 11) is 0. The van der Waals surface area contributed by atoms with Crippen molar-refractivity contribution in [3.8, 4) is 0 Å². The molecule has 0 saturated heterocycles. The molecular formula is C23H22ClN5O3. The molecule has 0 bridgehead atoms. The highest BCUT2D eigenvalue weighted by Gasteiger charge is 2.14. The van der Waals surface area contributed by atoms with Crippen LogP contribution in [-0.4, -0.2) is 27.8 Å². The third-order valence-corrected chi connectivity index (χ3v) is 4.94. The summed E-state index contributed by atoms with van der Waals surface area (Å²) in [5, 5.41) is 22.8. The normalized spacial score (nSPS) is 10.4. The molecule has 2 aromatic carbocycles. The SMILES string of the molecule is N=C(N)c1ccc(NC(=O)c2cc(Cl)ccc2NCc2cccnc2CCC(=O)O)cc1. The van der Waals surface area contributed by atoms with Gasteiger partial charge in [-0.2, -0.15) is 0 Å². The number of halogens is 1. The fourth-order valence-electron chi connectivity index (χ4n) is 3.06. The molecule has 0 atom stereocenters. The summed E-state index contributed by atoms with van der Waals surface area (Å²) in [4.78, 5) is 28.1. The lowest BCUT2D eigenvalue weighted by atomic mass is 10.1. The van der Waals surface area contributed by atoms with Crippen LogP contribution in [-0.2, 0) is 17.8 Å². The Morgan fingerprint density at radius 3 is 2.56 bits per heavy atom. The molecule has 0 aliphatic carbocycles. The number of nitrogens with two attached hydrogens (primary N) is 1. The second-order valence-electron chi connectivity index (χ2n) is 6.99. The topological polar surface area (TPSA) is 141 Å². The molecule has 164 valence electrons. The standard InChI is InChI=1S/C23H22ClN5O3/c24-16-5-8-20(28-13-15-2-1-11-27-19(15)9-10-21(30)31)18(12-16)23(32)29-17-6-3-14(4-7-17)22(25)26/h1-8,11-12,28H,9-10,13H2,(H3,25,26)(H,29,32)(H,30,31). The van der Waals surface area contributed by atoms with Gasteiger partial charge in [-0.25, -0.2) is 0 Å². The molecule has 1 aromatic heterocycles. The largest absolute Gasteiger partial charge is 0.481 e. The van der Waals surface area contributed by atoms with Gasteiger partial charge in [0.2, 0.25) is 0 Å². The summed E-state index contributed by atoms with van der Waals surface area (Å²) in [5.74, 6) is -1.30. The molecule has 1 heterocycles. The lowest BCUT2D eigenvalue weighted by Gasteiger charge is -2.14. The molecule has 9 heteroatoms. The third kappa shape index (κ3) is 6.05. The highest BCUT2D eigenvalue weighted by molar-refractivity contribution is 6.31. The zero-order chi connectivity index (χ0) is 23.1. The van der Waals surface area contributed by atoms with Crippen molar-refractivity contribution in [2.45, 2.75) is 19.4 Å². The molecule has 6 N–H and O–H groups in total. The molecule has 0 aliphatic rings. The average Bonchev–Trinajstić information content (AvgIpc) is 2.77. The van der Waals surface area contributed by atoms with Crippen molar-refractivity contribution in [3.05, 3.63) is 88.2 Å². The number of aryl methyl sites for hydroxylation is 1. The molecule has 0 fully saturated rings. The van der Waals surface area contributed by atoms with E-state index in [2.05, 4.69) is 15.6 Å². The maximum Gasteiger partial charge on any atom is 0.303 e. The second kappa shape index (κ2) is 10.4. The summed E-state index contributed by atoms with van der Waals surface area (Å²) in [6.07, 6.45) is 1.93. The van der Waals surface area contributed by atoms with E-state index in [4.69, 9.17) is 27.9 Å². The Bertz CT molecular complexity index is 1150. The van der Waals surface area contributed by atoms with E-state index in [1.165, 1.54) is 0 Å². The van der Waals surface area contributed by atoms with Gasteiger partial charge in [0.05, 0.1) is 12.0 Å². The molecule has 0 saturated carbocycles. The third-order valence-electron chi connectivity index (χ3n) is 4.71. The molecular weight excluding hydrogens is 430 g/mol. The van der Waals surface area contributed by atoms with Gasteiger partial charge in [0.1, 0.15) is 5.84 Å². The van der Waals surface area contributed by atoms with E-state index >= 15 is 0 Å². The van der Waals surface area contributed by atoms with Crippen molar-refractivity contribution in [3.63, 3.8) is 0 Å². The van der Waals surface area contributed by atoms with Gasteiger partial charge in [-0.05, 0) is 54.1 Å². The number of rotatable bonds is 9. The maximum absolute atomic E-state index is 12.9. The number of anilines is 2. The van der Waals surface area contributed by atoms with Crippen molar-refractivity contribution in [2.24, 2.45) is 5.73 Å². The first-order valence-corrected chi connectivity index (χ1v) is 10.1. The van der Waals surface area contributed by atoms with Crippen LogP contribution in [0.15, 0.2) is 60.8 Å². The van der Waals surface area contributed by atoms with Gasteiger partial charge in [-0.15, -0.1) is 0 Å². The average molecular weight is 452 g/mol. The Morgan fingerprint density at radius 2 is 1.88 bits per heavy atom. The van der Waals surface area contributed by atoms with Crippen LogP contribution in [0.1, 0.15) is 33.6 Å². The lowest BCUT2D eigenvalue weighted by molar-refractivity contribution is -0.136. The number of benzene rings is 2. The van der Waals surface area contributed by atoms with E-state index < -0.39 is 5.97 Å². The number of carboxylic acid groups (broad SMARTS) is 1. The Morgan fingerprint density at radius 1 is 1.12 bits per heavy atom. The van der Waals surface area contributed by atoms with Crippen LogP contribution >= 0.6 is 11.6 Å². The molecule has 3 aromatic rings. The molecule has 0 aliphatic heterocycles. The van der Waals surface area contributed by atoms with Gasteiger partial charge in [-0.1, -0.05) is 17.7 Å². The number of aromatic nitrogens is 1. The van der Waals surface area contributed by atoms with Crippen LogP contribution in [0, 0.1) is 5.41 Å². The molecule has 32 heavy (non-hydrogen) atoms. The number of carboxylic acids is 1. The van der Waals surface area contributed by atoms with E-state index in [1.807, 2.05) is 6.07 Å². The summed E-state index contributed by atoms with van der Waals surface area (Å²) < 4.78 is 0. The summed E-state index contributed by atoms with van der Waals surface area (Å²) in [5.41, 5.74) is 9.02. The van der Waals surface area contributed by atoms with E-state index in [1.54, 1.807) is 54.7 Å². The van der Waals surface area contributed by atoms with Gasteiger partial charge in [0.15, 0.2) is 0 Å². The van der Waals surface area contributed by atoms with E-state index in [0.717, 1.165) is 5.56 Å². The Kier molecular flexibility index (Phi) is 7.41. The quantitative estimate of drug-likeness (QED) is 0.247. The number of amidine groups is 1. The van der Waals surface area contributed by atoms with E-state index in [9.17, 15) is 9.59 Å². The number of hydrogen-bond acceptors (Lipinski definition) is 5. The second-order valence-corrected chi connectivity index (χ2v) is 7.43. The van der Waals surface area contributed by atoms with Crippen molar-refractivity contribution in [1.29, 1.82) is 5.41 Å². The predicted molar refractivity (Wildman–Crippen MR) is 124 cm³/mol. The molecule has 0 unspecified atom stereocenters. The first-order chi connectivity index (χ1) is 15.3. The van der Waals surface area contributed by atoms with Crippen molar-refractivity contribution in [2.75, 3.05) is 10.6 Å². The van der Waals surface area contributed by atoms with Crippen molar-refractivity contribution >= 4 is 40.7 Å². The van der Waals surface area contributed by atoms with Crippen LogP contribution in [0.5, 0.6) is 0 Å². The number of carbonyl (C=O) groups is 2. The molecule has 8 nitrogen and oxygen atoms in total. The summed E-state index contributed by atoms with van der Waals surface area (Å²) in [6, 6.07) is 15.2. The number of carbonyl (C=O) groups excluding carboxylic acids is 1. The van der Waals surface area contributed by atoms with Crippen LogP contribution in [0.2, 0.25) is 5.02 Å². The number of pyridine rings is 1. The minimum absolute atomic E-state index is 0.0129. The minimum Gasteiger partial charge on any atom is -0.481 e. The number of hydrogen-bond donors (Lipinski definition) is 5. The number of nitrogen functional groups attached to an aromatic ring is 1. The van der Waals surface area contributed by atoms with Gasteiger partial charge in [-0.3, -0.25) is 20.0 Å². The number of amides is 1. The Balaban J connectivity index is 1.76. The van der Waals surface area contributed by atoms with Gasteiger partial charge in [0.25, 0.3) is 5.91 Å². The lowest BCUT2D eigenvalue weighted by Crippen LogP contribution is -2.16. The van der Waals surface area contributed by atoms with Crippen molar-refractivity contribution in [1.82, 2.24) is 4.98 Å². The van der Waals surface area contributed by atoms with Gasteiger partial charge < -0.3 is 21.5 Å². The van der Waals surface area contributed by atoms with Crippen LogP contribution in [0.3, 0.4) is 0 Å². The van der Waals surface area contributed by atoms with Crippen molar-refractivity contribution < 1.29 is 14.7 Å². The van der Waals surface area contributed by atoms with Gasteiger partial charge in [0, 0.05) is 46.8 Å². The Labute approximate surface area is 190 Å². The zero-order valence-electron chi connectivity index (χ0n) is 17.1. The van der Waals surface area contributed by atoms with Crippen LogP contribution in [0.4, 0.5) is 11.4 Å². The van der Waals surface area contributed by atoms with E-state index in [0.29, 0.717) is 46.2 Å². The van der Waals surface area contributed by atoms with Gasteiger partial charge >= 0.3 is 5.97 Å². The summed E-state index contributed by atoms with van der Waals surface area (Å²) >= 11 is 6.12. The monoisotopic (exact) mass is 451 g/mol. The first-order valence-electron chi connectivity index (χ1n) is 9.77. The Hall–Kier alpha value is -3.91. The maximum atomic E-state index is 12.9. The van der Waals surface area contributed by atoms with E-state index in [-0.39, 0.29) is 18.2 Å². The first kappa shape index (κ1) is 22.8. The molecule has 0 radical (unpaired) electrons. The molecule has 0 spiro atoms. The fraction of sp³-hybridized carbons (Fsp3) is 0.130. The van der Waals surface area contributed by atoms with Crippen LogP contribution < -0.4 is 16.4 Å². The highest BCUT2D eigenvalue weighted by Crippen LogP contribution is 2.23. The summed E-state index contributed by atoms with van der Waals surface area (Å²) in [6.45, 7) is 0.359. The molecule has 3 rings (SSSR count). The van der Waals surface area contributed by atoms with Crippen LogP contribution in [0.25, 0.3) is 0 Å². The zero-order valence-corrected chi connectivity index (χ0v) is 17.8. The minimum atomic E-state index is -0.887. The fourth-order valence-corrected chi connectivity index (χ4v) is 3.24. The predicted octanol–water partition coefficient (Wildman–Crippen LogP) is 3.90. The number of nitrogens with zero attached hydrogens (tertiary/aromatic N) is 1.